The molecule has 3 aromatic rings. The number of para-hydroxylation sites is 1. The lowest BCUT2D eigenvalue weighted by Gasteiger charge is -2.30. The van der Waals surface area contributed by atoms with Crippen molar-refractivity contribution >= 4 is 31.1 Å². The first-order valence-corrected chi connectivity index (χ1v) is 13.5. The fraction of sp³-hybridized carbons (Fsp3) is 0.308. The molecule has 3 nitrogen and oxygen atoms in total. The molecule has 0 saturated carbocycles. The number of hydrogen-bond acceptors (Lipinski definition) is 3. The van der Waals surface area contributed by atoms with Crippen molar-refractivity contribution in [3.8, 4) is 5.75 Å². The average Bonchev–Trinajstić information content (AvgIpc) is 2.82. The Balaban J connectivity index is 1.77. The van der Waals surface area contributed by atoms with Gasteiger partial charge in [-0.2, -0.15) is 0 Å². The zero-order chi connectivity index (χ0) is 21.6. The van der Waals surface area contributed by atoms with Crippen LogP contribution in [0.15, 0.2) is 78.9 Å². The van der Waals surface area contributed by atoms with Crippen molar-refractivity contribution in [1.82, 2.24) is 0 Å². The maximum absolute atomic E-state index is 6.58. The molecular weight excluding hydrogens is 384 g/mol. The number of nitrogens with zero attached hydrogens (tertiary/aromatic N) is 2. The smallest absolute Gasteiger partial charge is 0.250 e. The van der Waals surface area contributed by atoms with E-state index in [1.165, 1.54) is 11.4 Å². The number of rotatable bonds is 9. The Morgan fingerprint density at radius 3 is 1.60 bits per heavy atom. The Kier molecular flexibility index (Phi) is 7.22. The molecule has 0 radical (unpaired) electrons. The van der Waals surface area contributed by atoms with Crippen LogP contribution in [0.4, 0.5) is 22.7 Å². The zero-order valence-electron chi connectivity index (χ0n) is 18.9. The van der Waals surface area contributed by atoms with Gasteiger partial charge in [0.2, 0.25) is 8.32 Å². The van der Waals surface area contributed by atoms with Gasteiger partial charge in [-0.1, -0.05) is 45.0 Å². The van der Waals surface area contributed by atoms with Gasteiger partial charge in [0.05, 0.1) is 0 Å². The van der Waals surface area contributed by atoms with Crippen molar-refractivity contribution in [2.45, 2.75) is 38.9 Å². The Morgan fingerprint density at radius 1 is 0.600 bits per heavy atom. The van der Waals surface area contributed by atoms with Crippen molar-refractivity contribution in [3.05, 3.63) is 78.9 Å². The summed E-state index contributed by atoms with van der Waals surface area (Å²) in [5, 5.41) is 0. The Morgan fingerprint density at radius 2 is 1.07 bits per heavy atom. The average molecular weight is 419 g/mol. The molecule has 0 N–H and O–H groups in total. The van der Waals surface area contributed by atoms with Gasteiger partial charge in [0.1, 0.15) is 5.75 Å². The highest BCUT2D eigenvalue weighted by Crippen LogP contribution is 2.32. The second-order valence-electron chi connectivity index (χ2n) is 7.81. The molecule has 158 valence electrons. The molecule has 3 aromatic carbocycles. The fourth-order valence-electron chi connectivity index (χ4n) is 3.82. The van der Waals surface area contributed by atoms with E-state index in [0.29, 0.717) is 0 Å². The minimum Gasteiger partial charge on any atom is -0.543 e. The topological polar surface area (TPSA) is 15.7 Å². The van der Waals surface area contributed by atoms with Crippen LogP contribution < -0.4 is 14.2 Å². The summed E-state index contributed by atoms with van der Waals surface area (Å²) in [5.41, 5.74) is 4.64. The van der Waals surface area contributed by atoms with Crippen molar-refractivity contribution in [3.63, 3.8) is 0 Å². The van der Waals surface area contributed by atoms with E-state index in [9.17, 15) is 0 Å². The highest BCUT2D eigenvalue weighted by molar-refractivity contribution is 6.74. The third kappa shape index (κ3) is 4.88. The van der Waals surface area contributed by atoms with Gasteiger partial charge in [-0.05, 0) is 66.7 Å². The summed E-state index contributed by atoms with van der Waals surface area (Å²) >= 11 is 0. The zero-order valence-corrected chi connectivity index (χ0v) is 19.9. The molecule has 0 aliphatic rings. The Labute approximate surface area is 183 Å². The molecule has 0 unspecified atom stereocenters. The molecule has 30 heavy (non-hydrogen) atoms. The predicted octanol–water partition coefficient (Wildman–Crippen LogP) is 7.61. The molecule has 0 bridgehead atoms. The molecule has 3 rings (SSSR count). The maximum atomic E-state index is 6.58. The molecule has 0 heterocycles. The molecular formula is C26H34N2OSi. The lowest BCUT2D eigenvalue weighted by molar-refractivity contribution is 0.532. The first kappa shape index (κ1) is 22.0. The highest BCUT2D eigenvalue weighted by atomic mass is 28.4. The third-order valence-electron chi connectivity index (χ3n) is 6.24. The van der Waals surface area contributed by atoms with Crippen LogP contribution in [0.2, 0.25) is 18.1 Å². The predicted molar refractivity (Wildman–Crippen MR) is 133 cm³/mol. The van der Waals surface area contributed by atoms with Gasteiger partial charge in [-0.15, -0.1) is 0 Å². The maximum Gasteiger partial charge on any atom is 0.250 e. The second-order valence-corrected chi connectivity index (χ2v) is 12.5. The largest absolute Gasteiger partial charge is 0.543 e. The van der Waals surface area contributed by atoms with Crippen LogP contribution in [0.25, 0.3) is 0 Å². The van der Waals surface area contributed by atoms with Crippen LogP contribution in [-0.4, -0.2) is 22.4 Å². The standard InChI is InChI=1S/C26H34N2OSi/c1-6-30(7-2,8-3)29-26-16-12-15-25(21-26)28(5)24-19-17-23(18-20-24)27(4)22-13-10-9-11-14-22/h9-21H,6-8H2,1-5H3. The lowest BCUT2D eigenvalue weighted by Crippen LogP contribution is -2.39. The summed E-state index contributed by atoms with van der Waals surface area (Å²) in [6, 6.07) is 31.1. The van der Waals surface area contributed by atoms with Gasteiger partial charge in [0.15, 0.2) is 0 Å². The number of benzene rings is 3. The van der Waals surface area contributed by atoms with Gasteiger partial charge < -0.3 is 14.2 Å². The van der Waals surface area contributed by atoms with Crippen LogP contribution in [0.3, 0.4) is 0 Å². The molecule has 4 heteroatoms. The first-order valence-electron chi connectivity index (χ1n) is 10.9. The molecule has 0 aromatic heterocycles. The lowest BCUT2D eigenvalue weighted by atomic mass is 10.2. The Hall–Kier alpha value is -2.72. The summed E-state index contributed by atoms with van der Waals surface area (Å²) in [7, 11) is 2.54. The summed E-state index contributed by atoms with van der Waals surface area (Å²) in [6.45, 7) is 6.80. The first-order chi connectivity index (χ1) is 14.5. The summed E-state index contributed by atoms with van der Waals surface area (Å²) in [5.74, 6) is 0.997. The Bertz CT molecular complexity index is 915. The van der Waals surface area contributed by atoms with Crippen molar-refractivity contribution < 1.29 is 4.43 Å². The van der Waals surface area contributed by atoms with Crippen molar-refractivity contribution in [1.29, 1.82) is 0 Å². The van der Waals surface area contributed by atoms with Crippen LogP contribution in [0.1, 0.15) is 20.8 Å². The molecule has 0 spiro atoms. The third-order valence-corrected chi connectivity index (χ3v) is 10.8. The summed E-state index contributed by atoms with van der Waals surface area (Å²) in [4.78, 5) is 4.41. The monoisotopic (exact) mass is 418 g/mol. The van der Waals surface area contributed by atoms with E-state index >= 15 is 0 Å². The van der Waals surface area contributed by atoms with Gasteiger partial charge in [0.25, 0.3) is 0 Å². The van der Waals surface area contributed by atoms with E-state index in [2.05, 4.69) is 117 Å². The van der Waals surface area contributed by atoms with Crippen LogP contribution in [-0.2, 0) is 0 Å². The molecule has 0 fully saturated rings. The summed E-state index contributed by atoms with van der Waals surface area (Å²) in [6.07, 6.45) is 0. The SMILES string of the molecule is CC[Si](CC)(CC)Oc1cccc(N(C)c2ccc(N(C)c3ccccc3)cc2)c1. The fourth-order valence-corrected chi connectivity index (χ4v) is 6.38. The summed E-state index contributed by atoms with van der Waals surface area (Å²) < 4.78 is 6.58. The highest BCUT2D eigenvalue weighted by Gasteiger charge is 2.30. The van der Waals surface area contributed by atoms with E-state index < -0.39 is 8.32 Å². The van der Waals surface area contributed by atoms with Crippen molar-refractivity contribution in [2.24, 2.45) is 0 Å². The van der Waals surface area contributed by atoms with Gasteiger partial charge >= 0.3 is 0 Å². The molecule has 0 aliphatic heterocycles. The van der Waals surface area contributed by atoms with E-state index in [1.54, 1.807) is 0 Å². The number of anilines is 4. The van der Waals surface area contributed by atoms with E-state index in [1.807, 2.05) is 6.07 Å². The van der Waals surface area contributed by atoms with Crippen molar-refractivity contribution in [2.75, 3.05) is 23.9 Å². The minimum atomic E-state index is -1.67. The molecule has 0 atom stereocenters. The van der Waals surface area contributed by atoms with Crippen LogP contribution in [0.5, 0.6) is 5.75 Å². The molecule has 0 amide bonds. The van der Waals surface area contributed by atoms with Crippen LogP contribution in [0, 0.1) is 0 Å². The van der Waals surface area contributed by atoms with E-state index in [0.717, 1.165) is 35.3 Å². The minimum absolute atomic E-state index is 0.997. The van der Waals surface area contributed by atoms with Gasteiger partial charge in [-0.25, -0.2) is 0 Å². The number of hydrogen-bond donors (Lipinski definition) is 0. The van der Waals surface area contributed by atoms with E-state index in [-0.39, 0.29) is 0 Å². The molecule has 0 saturated heterocycles. The normalized spacial score (nSPS) is 11.2. The quantitative estimate of drug-likeness (QED) is 0.333. The van der Waals surface area contributed by atoms with Crippen LogP contribution >= 0.6 is 0 Å². The van der Waals surface area contributed by atoms with Gasteiger partial charge in [-0.3, -0.25) is 0 Å². The molecule has 0 aliphatic carbocycles. The van der Waals surface area contributed by atoms with Gasteiger partial charge in [0, 0.05) is 42.9 Å². The second kappa shape index (κ2) is 9.85. The van der Waals surface area contributed by atoms with E-state index in [4.69, 9.17) is 4.43 Å².